The van der Waals surface area contributed by atoms with Crippen molar-refractivity contribution in [1.82, 2.24) is 4.98 Å². The Morgan fingerprint density at radius 1 is 1.11 bits per heavy atom. The van der Waals surface area contributed by atoms with Gasteiger partial charge < -0.3 is 0 Å². The fourth-order valence-corrected chi connectivity index (χ4v) is 3.48. The molecule has 0 radical (unpaired) electrons. The van der Waals surface area contributed by atoms with Gasteiger partial charge in [-0.25, -0.2) is 4.39 Å². The fourth-order valence-electron chi connectivity index (χ4n) is 3.48. The summed E-state index contributed by atoms with van der Waals surface area (Å²) in [5.74, 6) is -0.400. The van der Waals surface area contributed by atoms with Crippen molar-refractivity contribution < 1.29 is 9.18 Å². The molecule has 0 spiro atoms. The SMILES string of the molecule is CN=C(CC(C)Cc1cncc(F)c1C=O)c1ccccc1-c1ccccc1. The number of nitrogens with zero attached hydrogens (tertiary/aromatic N) is 2. The lowest BCUT2D eigenvalue weighted by Gasteiger charge is -2.17. The second-order valence-corrected chi connectivity index (χ2v) is 6.91. The van der Waals surface area contributed by atoms with Gasteiger partial charge >= 0.3 is 0 Å². The molecule has 1 atom stereocenters. The van der Waals surface area contributed by atoms with Crippen LogP contribution in [0, 0.1) is 11.7 Å². The molecule has 1 heterocycles. The zero-order valence-electron chi connectivity index (χ0n) is 16.1. The molecule has 0 aliphatic rings. The Morgan fingerprint density at radius 3 is 2.54 bits per heavy atom. The maximum absolute atomic E-state index is 13.8. The van der Waals surface area contributed by atoms with Gasteiger partial charge in [-0.2, -0.15) is 0 Å². The Morgan fingerprint density at radius 2 is 1.82 bits per heavy atom. The van der Waals surface area contributed by atoms with Gasteiger partial charge in [-0.05, 0) is 35.4 Å². The highest BCUT2D eigenvalue weighted by Crippen LogP contribution is 2.27. The molecule has 3 rings (SSSR count). The molecule has 0 bridgehead atoms. The second kappa shape index (κ2) is 9.18. The second-order valence-electron chi connectivity index (χ2n) is 6.91. The summed E-state index contributed by atoms with van der Waals surface area (Å²) in [6.45, 7) is 2.08. The first kappa shape index (κ1) is 19.6. The highest BCUT2D eigenvalue weighted by atomic mass is 19.1. The Labute approximate surface area is 165 Å². The molecule has 0 N–H and O–H groups in total. The molecule has 0 saturated carbocycles. The van der Waals surface area contributed by atoms with Crippen molar-refractivity contribution in [3.63, 3.8) is 0 Å². The lowest BCUT2D eigenvalue weighted by Crippen LogP contribution is -2.12. The topological polar surface area (TPSA) is 42.3 Å². The van der Waals surface area contributed by atoms with E-state index >= 15 is 0 Å². The number of benzene rings is 2. The van der Waals surface area contributed by atoms with E-state index in [1.54, 1.807) is 13.2 Å². The lowest BCUT2D eigenvalue weighted by molar-refractivity contribution is 0.111. The van der Waals surface area contributed by atoms with Crippen LogP contribution in [0.15, 0.2) is 72.0 Å². The Kier molecular flexibility index (Phi) is 6.43. The standard InChI is InChI=1S/C24H23FN2O/c1-17(12-19-14-27-15-23(25)22(19)16-28)13-24(26-2)21-11-7-6-10-20(21)18-8-4-3-5-9-18/h3-11,14-17H,12-13H2,1-2H3. The van der Waals surface area contributed by atoms with Gasteiger partial charge in [0.25, 0.3) is 0 Å². The molecule has 142 valence electrons. The number of carbonyl (C=O) groups excluding carboxylic acids is 1. The van der Waals surface area contributed by atoms with Gasteiger partial charge in [0, 0.05) is 24.5 Å². The van der Waals surface area contributed by atoms with Crippen LogP contribution in [0.25, 0.3) is 11.1 Å². The summed E-state index contributed by atoms with van der Waals surface area (Å²) in [4.78, 5) is 19.7. The van der Waals surface area contributed by atoms with Crippen molar-refractivity contribution in [3.8, 4) is 11.1 Å². The molecular formula is C24H23FN2O. The van der Waals surface area contributed by atoms with Crippen molar-refractivity contribution in [2.75, 3.05) is 7.05 Å². The molecule has 1 aromatic heterocycles. The maximum Gasteiger partial charge on any atom is 0.153 e. The van der Waals surface area contributed by atoms with E-state index in [9.17, 15) is 9.18 Å². The first-order valence-electron chi connectivity index (χ1n) is 9.32. The van der Waals surface area contributed by atoms with E-state index in [2.05, 4.69) is 41.2 Å². The normalized spacial score (nSPS) is 12.6. The summed E-state index contributed by atoms with van der Waals surface area (Å²) in [6.07, 6.45) is 4.50. The molecule has 28 heavy (non-hydrogen) atoms. The van der Waals surface area contributed by atoms with E-state index in [0.717, 1.165) is 35.0 Å². The minimum atomic E-state index is -0.571. The highest BCUT2D eigenvalue weighted by molar-refractivity contribution is 6.06. The monoisotopic (exact) mass is 374 g/mol. The molecule has 0 amide bonds. The summed E-state index contributed by atoms with van der Waals surface area (Å²) in [6, 6.07) is 18.4. The Balaban J connectivity index is 1.85. The lowest BCUT2D eigenvalue weighted by atomic mass is 9.89. The van der Waals surface area contributed by atoms with Crippen LogP contribution in [0.5, 0.6) is 0 Å². The number of carbonyl (C=O) groups is 1. The Bertz CT molecular complexity index is 983. The zero-order chi connectivity index (χ0) is 19.9. The fraction of sp³-hybridized carbons (Fsp3) is 0.208. The largest absolute Gasteiger partial charge is 0.298 e. The smallest absolute Gasteiger partial charge is 0.153 e. The number of pyridine rings is 1. The first-order chi connectivity index (χ1) is 13.6. The van der Waals surface area contributed by atoms with E-state index in [1.807, 2.05) is 30.3 Å². The molecule has 1 unspecified atom stereocenters. The predicted octanol–water partition coefficient (Wildman–Crippen LogP) is 5.39. The minimum absolute atomic E-state index is 0.0986. The highest BCUT2D eigenvalue weighted by Gasteiger charge is 2.16. The van der Waals surface area contributed by atoms with E-state index < -0.39 is 5.82 Å². The summed E-state index contributed by atoms with van der Waals surface area (Å²) in [5, 5.41) is 0. The van der Waals surface area contributed by atoms with E-state index in [4.69, 9.17) is 0 Å². The molecule has 0 aliphatic carbocycles. The number of hydrogen-bond donors (Lipinski definition) is 0. The summed E-state index contributed by atoms with van der Waals surface area (Å²) in [5.41, 5.74) is 5.09. The number of rotatable bonds is 7. The van der Waals surface area contributed by atoms with Gasteiger partial charge in [-0.15, -0.1) is 0 Å². The van der Waals surface area contributed by atoms with Gasteiger partial charge in [0.2, 0.25) is 0 Å². The third-order valence-electron chi connectivity index (χ3n) is 4.84. The maximum atomic E-state index is 13.8. The van der Waals surface area contributed by atoms with Crippen LogP contribution in [-0.2, 0) is 6.42 Å². The van der Waals surface area contributed by atoms with Gasteiger partial charge in [-0.3, -0.25) is 14.8 Å². The van der Waals surface area contributed by atoms with E-state index in [-0.39, 0.29) is 11.5 Å². The van der Waals surface area contributed by atoms with Crippen molar-refractivity contribution >= 4 is 12.0 Å². The van der Waals surface area contributed by atoms with Crippen LogP contribution in [0.3, 0.4) is 0 Å². The summed E-state index contributed by atoms with van der Waals surface area (Å²) in [7, 11) is 1.80. The summed E-state index contributed by atoms with van der Waals surface area (Å²) >= 11 is 0. The van der Waals surface area contributed by atoms with Crippen LogP contribution in [0.4, 0.5) is 4.39 Å². The molecule has 4 heteroatoms. The molecule has 3 aromatic rings. The van der Waals surface area contributed by atoms with Gasteiger partial charge in [0.1, 0.15) is 0 Å². The van der Waals surface area contributed by atoms with Crippen molar-refractivity contribution in [3.05, 3.63) is 89.5 Å². The van der Waals surface area contributed by atoms with Gasteiger partial charge in [-0.1, -0.05) is 61.5 Å². The number of aromatic nitrogens is 1. The molecule has 3 nitrogen and oxygen atoms in total. The van der Waals surface area contributed by atoms with Crippen molar-refractivity contribution in [1.29, 1.82) is 0 Å². The van der Waals surface area contributed by atoms with Gasteiger partial charge in [0.15, 0.2) is 12.1 Å². The quantitative estimate of drug-likeness (QED) is 0.411. The van der Waals surface area contributed by atoms with Crippen LogP contribution in [0.2, 0.25) is 0 Å². The average molecular weight is 374 g/mol. The van der Waals surface area contributed by atoms with Crippen LogP contribution in [0.1, 0.15) is 34.8 Å². The zero-order valence-corrected chi connectivity index (χ0v) is 16.1. The number of hydrogen-bond acceptors (Lipinski definition) is 3. The minimum Gasteiger partial charge on any atom is -0.298 e. The van der Waals surface area contributed by atoms with Crippen LogP contribution < -0.4 is 0 Å². The van der Waals surface area contributed by atoms with Crippen molar-refractivity contribution in [2.24, 2.45) is 10.9 Å². The predicted molar refractivity (Wildman–Crippen MR) is 111 cm³/mol. The van der Waals surface area contributed by atoms with E-state index in [0.29, 0.717) is 18.3 Å². The molecular weight excluding hydrogens is 351 g/mol. The molecule has 0 fully saturated rings. The number of aliphatic imine (C=N–C) groups is 1. The third-order valence-corrected chi connectivity index (χ3v) is 4.84. The van der Waals surface area contributed by atoms with Crippen molar-refractivity contribution in [2.45, 2.75) is 19.8 Å². The first-order valence-corrected chi connectivity index (χ1v) is 9.32. The summed E-state index contributed by atoms with van der Waals surface area (Å²) < 4.78 is 13.8. The Hall–Kier alpha value is -3.14. The van der Waals surface area contributed by atoms with E-state index in [1.165, 1.54) is 0 Å². The third kappa shape index (κ3) is 4.39. The van der Waals surface area contributed by atoms with Crippen LogP contribution >= 0.6 is 0 Å². The number of aldehydes is 1. The van der Waals surface area contributed by atoms with Gasteiger partial charge in [0.05, 0.1) is 11.8 Å². The molecule has 0 aliphatic heterocycles. The van der Waals surface area contributed by atoms with Crippen LogP contribution in [-0.4, -0.2) is 24.0 Å². The molecule has 2 aromatic carbocycles. The number of halogens is 1. The molecule has 0 saturated heterocycles. The average Bonchev–Trinajstić information content (AvgIpc) is 2.73.